The Morgan fingerprint density at radius 3 is 2.60 bits per heavy atom. The molecule has 3 nitrogen and oxygen atoms in total. The van der Waals surface area contributed by atoms with E-state index >= 15 is 0 Å². The van der Waals surface area contributed by atoms with E-state index in [1.807, 2.05) is 24.3 Å². The molecule has 1 atom stereocenters. The van der Waals surface area contributed by atoms with Crippen molar-refractivity contribution in [1.82, 2.24) is 4.31 Å². The molecule has 4 heteroatoms. The van der Waals surface area contributed by atoms with Gasteiger partial charge in [-0.2, -0.15) is 4.31 Å². The summed E-state index contributed by atoms with van der Waals surface area (Å²) in [6.45, 7) is 2.10. The van der Waals surface area contributed by atoms with Crippen molar-refractivity contribution in [2.75, 3.05) is 7.05 Å². The van der Waals surface area contributed by atoms with E-state index in [4.69, 9.17) is 0 Å². The van der Waals surface area contributed by atoms with Crippen molar-refractivity contribution < 1.29 is 8.42 Å². The summed E-state index contributed by atoms with van der Waals surface area (Å²) in [5.74, 6) is 0. The fraction of sp³-hybridized carbons (Fsp3) is 0.250. The summed E-state index contributed by atoms with van der Waals surface area (Å²) in [4.78, 5) is 0.425. The SMILES string of the molecule is CCc1cccc([C@H]2c3ccccc3S(=O)(=O)N2C)c1. The smallest absolute Gasteiger partial charge is 0.207 e. The average molecular weight is 287 g/mol. The Morgan fingerprint density at radius 1 is 1.10 bits per heavy atom. The second-order valence-corrected chi connectivity index (χ2v) is 7.03. The molecule has 2 aromatic carbocycles. The molecule has 1 aliphatic rings. The van der Waals surface area contributed by atoms with Crippen LogP contribution in [0.2, 0.25) is 0 Å². The maximum atomic E-state index is 12.4. The largest absolute Gasteiger partial charge is 0.244 e. The Morgan fingerprint density at radius 2 is 1.85 bits per heavy atom. The van der Waals surface area contributed by atoms with Crippen molar-refractivity contribution in [2.45, 2.75) is 24.3 Å². The molecule has 0 aromatic heterocycles. The highest BCUT2D eigenvalue weighted by Crippen LogP contribution is 2.41. The lowest BCUT2D eigenvalue weighted by Gasteiger charge is -2.20. The third-order valence-electron chi connectivity index (χ3n) is 3.91. The minimum absolute atomic E-state index is 0.220. The lowest BCUT2D eigenvalue weighted by atomic mass is 9.97. The van der Waals surface area contributed by atoms with E-state index in [0.29, 0.717) is 4.90 Å². The first kappa shape index (κ1) is 13.3. The number of nitrogens with zero attached hydrogens (tertiary/aromatic N) is 1. The maximum Gasteiger partial charge on any atom is 0.244 e. The van der Waals surface area contributed by atoms with Crippen LogP contribution in [0.5, 0.6) is 0 Å². The van der Waals surface area contributed by atoms with Crippen LogP contribution in [-0.2, 0) is 16.4 Å². The van der Waals surface area contributed by atoms with E-state index in [1.165, 1.54) is 9.87 Å². The summed E-state index contributed by atoms with van der Waals surface area (Å²) in [7, 11) is -1.72. The summed E-state index contributed by atoms with van der Waals surface area (Å²) in [6.07, 6.45) is 0.943. The molecule has 104 valence electrons. The highest BCUT2D eigenvalue weighted by Gasteiger charge is 2.40. The van der Waals surface area contributed by atoms with Crippen LogP contribution in [0.4, 0.5) is 0 Å². The molecule has 0 bridgehead atoms. The van der Waals surface area contributed by atoms with Crippen LogP contribution >= 0.6 is 0 Å². The van der Waals surface area contributed by atoms with Gasteiger partial charge >= 0.3 is 0 Å². The van der Waals surface area contributed by atoms with E-state index in [9.17, 15) is 8.42 Å². The number of benzene rings is 2. The highest BCUT2D eigenvalue weighted by atomic mass is 32.2. The molecular weight excluding hydrogens is 270 g/mol. The molecule has 0 spiro atoms. The standard InChI is InChI=1S/C16H17NO2S/c1-3-12-7-6-8-13(11-12)16-14-9-4-5-10-15(14)20(18,19)17(16)2/h4-11,16H,3H2,1-2H3/t16-/m0/s1. The first-order valence-corrected chi connectivity index (χ1v) is 8.15. The minimum Gasteiger partial charge on any atom is -0.207 e. The minimum atomic E-state index is -3.37. The Hall–Kier alpha value is -1.65. The molecule has 1 heterocycles. The van der Waals surface area contributed by atoms with Gasteiger partial charge in [0.05, 0.1) is 10.9 Å². The van der Waals surface area contributed by atoms with E-state index in [0.717, 1.165) is 17.5 Å². The molecule has 20 heavy (non-hydrogen) atoms. The molecule has 0 amide bonds. The summed E-state index contributed by atoms with van der Waals surface area (Å²) in [5.41, 5.74) is 3.11. The molecule has 2 aromatic rings. The van der Waals surface area contributed by atoms with Gasteiger partial charge in [-0.25, -0.2) is 8.42 Å². The second kappa shape index (κ2) is 4.72. The topological polar surface area (TPSA) is 37.4 Å². The Kier molecular flexibility index (Phi) is 3.15. The Balaban J connectivity index is 2.20. The number of fused-ring (bicyclic) bond motifs is 1. The lowest BCUT2D eigenvalue weighted by Crippen LogP contribution is -2.24. The van der Waals surface area contributed by atoms with Crippen LogP contribution in [-0.4, -0.2) is 19.8 Å². The van der Waals surface area contributed by atoms with Crippen LogP contribution in [0.1, 0.15) is 29.7 Å². The van der Waals surface area contributed by atoms with Crippen molar-refractivity contribution in [3.63, 3.8) is 0 Å². The van der Waals surface area contributed by atoms with Gasteiger partial charge in [0.1, 0.15) is 0 Å². The number of aryl methyl sites for hydroxylation is 1. The molecule has 0 saturated heterocycles. The summed E-state index contributed by atoms with van der Waals surface area (Å²) < 4.78 is 26.4. The van der Waals surface area contributed by atoms with Crippen molar-refractivity contribution in [1.29, 1.82) is 0 Å². The van der Waals surface area contributed by atoms with Gasteiger partial charge in [0.25, 0.3) is 0 Å². The first-order chi connectivity index (χ1) is 9.55. The fourth-order valence-corrected chi connectivity index (χ4v) is 4.35. The van der Waals surface area contributed by atoms with Crippen molar-refractivity contribution >= 4 is 10.0 Å². The fourth-order valence-electron chi connectivity index (χ4n) is 2.80. The van der Waals surface area contributed by atoms with Crippen LogP contribution in [0, 0.1) is 0 Å². The van der Waals surface area contributed by atoms with Crippen LogP contribution in [0.25, 0.3) is 0 Å². The lowest BCUT2D eigenvalue weighted by molar-refractivity contribution is 0.440. The number of sulfonamides is 1. The first-order valence-electron chi connectivity index (χ1n) is 6.71. The molecule has 0 saturated carbocycles. The quantitative estimate of drug-likeness (QED) is 0.851. The van der Waals surface area contributed by atoms with E-state index < -0.39 is 10.0 Å². The zero-order valence-corrected chi connectivity index (χ0v) is 12.4. The summed E-state index contributed by atoms with van der Waals surface area (Å²) in [5, 5.41) is 0. The number of hydrogen-bond donors (Lipinski definition) is 0. The molecule has 0 unspecified atom stereocenters. The van der Waals surface area contributed by atoms with Gasteiger partial charge in [-0.05, 0) is 29.2 Å². The molecule has 0 radical (unpaired) electrons. The maximum absolute atomic E-state index is 12.4. The van der Waals surface area contributed by atoms with E-state index in [2.05, 4.69) is 19.1 Å². The molecule has 3 rings (SSSR count). The van der Waals surface area contributed by atoms with Gasteiger partial charge in [-0.15, -0.1) is 0 Å². The van der Waals surface area contributed by atoms with Gasteiger partial charge in [0.15, 0.2) is 0 Å². The third kappa shape index (κ3) is 1.87. The van der Waals surface area contributed by atoms with Gasteiger partial charge in [0, 0.05) is 7.05 Å². The van der Waals surface area contributed by atoms with E-state index in [1.54, 1.807) is 19.2 Å². The summed E-state index contributed by atoms with van der Waals surface area (Å²) >= 11 is 0. The Bertz CT molecular complexity index is 753. The summed E-state index contributed by atoms with van der Waals surface area (Å²) in [6, 6.07) is 15.2. The average Bonchev–Trinajstić information content (AvgIpc) is 2.67. The normalized spacial score (nSPS) is 20.8. The van der Waals surface area contributed by atoms with Gasteiger partial charge in [-0.1, -0.05) is 49.4 Å². The number of hydrogen-bond acceptors (Lipinski definition) is 2. The zero-order valence-electron chi connectivity index (χ0n) is 11.6. The van der Waals surface area contributed by atoms with Gasteiger partial charge < -0.3 is 0 Å². The molecule has 0 fully saturated rings. The van der Waals surface area contributed by atoms with Gasteiger partial charge in [0.2, 0.25) is 10.0 Å². The molecule has 1 aliphatic heterocycles. The van der Waals surface area contributed by atoms with Crippen LogP contribution in [0.3, 0.4) is 0 Å². The predicted molar refractivity (Wildman–Crippen MR) is 79.1 cm³/mol. The molecule has 0 N–H and O–H groups in total. The van der Waals surface area contributed by atoms with Gasteiger partial charge in [-0.3, -0.25) is 0 Å². The molecule has 0 aliphatic carbocycles. The molecular formula is C16H17NO2S. The second-order valence-electron chi connectivity index (χ2n) is 5.06. The van der Waals surface area contributed by atoms with Crippen molar-refractivity contribution in [2.24, 2.45) is 0 Å². The van der Waals surface area contributed by atoms with E-state index in [-0.39, 0.29) is 6.04 Å². The predicted octanol–water partition coefficient (Wildman–Crippen LogP) is 2.97. The third-order valence-corrected chi connectivity index (χ3v) is 5.81. The number of rotatable bonds is 2. The van der Waals surface area contributed by atoms with Crippen LogP contribution < -0.4 is 0 Å². The zero-order chi connectivity index (χ0) is 14.3. The highest BCUT2D eigenvalue weighted by molar-refractivity contribution is 7.89. The van der Waals surface area contributed by atoms with Crippen molar-refractivity contribution in [3.05, 3.63) is 65.2 Å². The van der Waals surface area contributed by atoms with Crippen LogP contribution in [0.15, 0.2) is 53.4 Å². The Labute approximate surface area is 119 Å². The van der Waals surface area contributed by atoms with Crippen molar-refractivity contribution in [3.8, 4) is 0 Å². The monoisotopic (exact) mass is 287 g/mol.